The zero-order valence-corrected chi connectivity index (χ0v) is 16.3. The van der Waals surface area contributed by atoms with Gasteiger partial charge >= 0.3 is 0 Å². The van der Waals surface area contributed by atoms with Crippen LogP contribution in [0.2, 0.25) is 0 Å². The molecule has 0 saturated carbocycles. The van der Waals surface area contributed by atoms with Gasteiger partial charge in [-0.1, -0.05) is 32.9 Å². The molecule has 0 aliphatic heterocycles. The Kier molecular flexibility index (Phi) is 5.35. The lowest BCUT2D eigenvalue weighted by molar-refractivity contribution is 0.340. The van der Waals surface area contributed by atoms with E-state index >= 15 is 0 Å². The summed E-state index contributed by atoms with van der Waals surface area (Å²) in [5, 5.41) is 0.275. The van der Waals surface area contributed by atoms with Gasteiger partial charge in [-0.3, -0.25) is 9.59 Å². The van der Waals surface area contributed by atoms with E-state index in [0.717, 1.165) is 5.56 Å². The van der Waals surface area contributed by atoms with Gasteiger partial charge in [-0.25, -0.2) is 4.98 Å². The summed E-state index contributed by atoms with van der Waals surface area (Å²) in [5.41, 5.74) is 0.141. The van der Waals surface area contributed by atoms with Gasteiger partial charge in [0.15, 0.2) is 6.39 Å². The van der Waals surface area contributed by atoms with Gasteiger partial charge < -0.3 is 19.1 Å². The molecular formula is C21H23N3O4. The summed E-state index contributed by atoms with van der Waals surface area (Å²) in [6, 6.07) is 7.28. The summed E-state index contributed by atoms with van der Waals surface area (Å²) in [6.07, 6.45) is 4.44. The topological polar surface area (TPSA) is 101 Å². The van der Waals surface area contributed by atoms with Crippen LogP contribution in [0.3, 0.4) is 0 Å². The molecule has 2 N–H and O–H groups in total. The second kappa shape index (κ2) is 7.72. The van der Waals surface area contributed by atoms with Crippen molar-refractivity contribution >= 4 is 12.2 Å². The quantitative estimate of drug-likeness (QED) is 0.712. The minimum atomic E-state index is -0.422. The van der Waals surface area contributed by atoms with Gasteiger partial charge in [0.2, 0.25) is 0 Å². The van der Waals surface area contributed by atoms with Crippen molar-refractivity contribution in [3.63, 3.8) is 0 Å². The van der Waals surface area contributed by atoms with Crippen LogP contribution in [0, 0.1) is 0 Å². The molecule has 0 radical (unpaired) electrons. The van der Waals surface area contributed by atoms with E-state index in [1.54, 1.807) is 12.1 Å². The molecule has 3 aromatic rings. The number of rotatable bonds is 4. The van der Waals surface area contributed by atoms with Gasteiger partial charge in [0, 0.05) is 5.41 Å². The first kappa shape index (κ1) is 19.4. The van der Waals surface area contributed by atoms with Crippen molar-refractivity contribution in [2.45, 2.75) is 33.1 Å². The Labute approximate surface area is 161 Å². The molecule has 7 heteroatoms. The molecule has 28 heavy (non-hydrogen) atoms. The highest BCUT2D eigenvalue weighted by Crippen LogP contribution is 2.25. The summed E-state index contributed by atoms with van der Waals surface area (Å²) in [5.74, 6) is 1.33. The second-order valence-corrected chi connectivity index (χ2v) is 7.35. The maximum atomic E-state index is 12.5. The van der Waals surface area contributed by atoms with E-state index in [-0.39, 0.29) is 16.1 Å². The average molecular weight is 381 g/mol. The number of hydrogen-bond donors (Lipinski definition) is 2. The molecule has 2 heterocycles. The van der Waals surface area contributed by atoms with E-state index in [2.05, 4.69) is 15.0 Å². The van der Waals surface area contributed by atoms with Crippen LogP contribution in [0.15, 0.2) is 44.7 Å². The fraction of sp³-hybridized carbons (Fsp3) is 0.286. The van der Waals surface area contributed by atoms with Crippen molar-refractivity contribution in [2.75, 3.05) is 6.61 Å². The zero-order valence-electron chi connectivity index (χ0n) is 16.3. The predicted octanol–water partition coefficient (Wildman–Crippen LogP) is 1.40. The van der Waals surface area contributed by atoms with Crippen molar-refractivity contribution in [3.8, 4) is 5.75 Å². The molecular weight excluding hydrogens is 358 g/mol. The molecule has 146 valence electrons. The molecule has 0 spiro atoms. The van der Waals surface area contributed by atoms with Crippen LogP contribution in [0.5, 0.6) is 5.75 Å². The van der Waals surface area contributed by atoms with Crippen LogP contribution in [0.25, 0.3) is 12.2 Å². The number of nitrogens with zero attached hydrogens (tertiary/aromatic N) is 1. The smallest absolute Gasteiger partial charge is 0.272 e. The van der Waals surface area contributed by atoms with Crippen molar-refractivity contribution in [2.24, 2.45) is 0 Å². The molecule has 0 aliphatic carbocycles. The van der Waals surface area contributed by atoms with Crippen LogP contribution in [0.4, 0.5) is 0 Å². The fourth-order valence-electron chi connectivity index (χ4n) is 2.78. The second-order valence-electron chi connectivity index (χ2n) is 7.35. The van der Waals surface area contributed by atoms with Crippen molar-refractivity contribution in [1.82, 2.24) is 15.0 Å². The SMILES string of the molecule is CCOc1cccc(/C=c2\[nH]c(=O)/c(=C/c3ncoc3C(C)(C)C)[nH]c2=O)c1. The van der Waals surface area contributed by atoms with Crippen molar-refractivity contribution < 1.29 is 9.15 Å². The van der Waals surface area contributed by atoms with E-state index in [0.29, 0.717) is 23.8 Å². The summed E-state index contributed by atoms with van der Waals surface area (Å²) in [7, 11) is 0. The average Bonchev–Trinajstić information content (AvgIpc) is 3.08. The summed E-state index contributed by atoms with van der Waals surface area (Å²) >= 11 is 0. The molecule has 0 atom stereocenters. The number of hydrogen-bond acceptors (Lipinski definition) is 5. The lowest BCUT2D eigenvalue weighted by atomic mass is 9.92. The van der Waals surface area contributed by atoms with Gasteiger partial charge in [0.25, 0.3) is 11.1 Å². The summed E-state index contributed by atoms with van der Waals surface area (Å²) in [6.45, 7) is 8.38. The summed E-state index contributed by atoms with van der Waals surface area (Å²) in [4.78, 5) is 34.3. The van der Waals surface area contributed by atoms with Crippen LogP contribution >= 0.6 is 0 Å². The molecule has 7 nitrogen and oxygen atoms in total. The third-order valence-corrected chi connectivity index (χ3v) is 4.02. The molecule has 0 saturated heterocycles. The zero-order chi connectivity index (χ0) is 20.3. The molecule has 0 fully saturated rings. The Morgan fingerprint density at radius 3 is 2.43 bits per heavy atom. The first-order valence-corrected chi connectivity index (χ1v) is 9.01. The molecule has 2 aromatic heterocycles. The standard InChI is InChI=1S/C21H23N3O4/c1-5-27-14-8-6-7-13(9-14)10-16-19(25)24-17(20(26)23-16)11-15-18(21(2,3)4)28-12-22-15/h6-12H,5H2,1-4H3,(H,23,26)(H,24,25)/b16-10-,17-11-. The predicted molar refractivity (Wildman–Crippen MR) is 107 cm³/mol. The van der Waals surface area contributed by atoms with E-state index in [4.69, 9.17) is 9.15 Å². The Morgan fingerprint density at radius 2 is 1.79 bits per heavy atom. The number of ether oxygens (including phenoxy) is 1. The maximum absolute atomic E-state index is 12.5. The Morgan fingerprint density at radius 1 is 1.11 bits per heavy atom. The van der Waals surface area contributed by atoms with E-state index in [1.165, 1.54) is 12.5 Å². The molecule has 0 amide bonds. The first-order valence-electron chi connectivity index (χ1n) is 9.01. The van der Waals surface area contributed by atoms with Crippen LogP contribution in [-0.2, 0) is 5.41 Å². The van der Waals surface area contributed by atoms with E-state index < -0.39 is 11.1 Å². The third-order valence-electron chi connectivity index (χ3n) is 4.02. The normalized spacial score (nSPS) is 13.1. The molecule has 0 bridgehead atoms. The third kappa shape index (κ3) is 4.31. The highest BCUT2D eigenvalue weighted by atomic mass is 16.5. The van der Waals surface area contributed by atoms with Crippen molar-refractivity contribution in [3.05, 3.63) is 79.1 Å². The van der Waals surface area contributed by atoms with Gasteiger partial charge in [0.05, 0.1) is 6.61 Å². The highest BCUT2D eigenvalue weighted by Gasteiger charge is 2.21. The van der Waals surface area contributed by atoms with Gasteiger partial charge in [-0.15, -0.1) is 0 Å². The maximum Gasteiger partial charge on any atom is 0.272 e. The molecule has 3 rings (SSSR count). The van der Waals surface area contributed by atoms with E-state index in [1.807, 2.05) is 45.9 Å². The van der Waals surface area contributed by atoms with E-state index in [9.17, 15) is 9.59 Å². The van der Waals surface area contributed by atoms with Crippen LogP contribution < -0.4 is 26.6 Å². The highest BCUT2D eigenvalue weighted by molar-refractivity contribution is 5.51. The monoisotopic (exact) mass is 381 g/mol. The number of nitrogens with one attached hydrogen (secondary N) is 2. The lowest BCUT2D eigenvalue weighted by Crippen LogP contribution is -2.46. The minimum Gasteiger partial charge on any atom is -0.494 e. The Hall–Kier alpha value is -3.35. The van der Waals surface area contributed by atoms with Gasteiger partial charge in [-0.05, 0) is 36.8 Å². The minimum absolute atomic E-state index is 0.115. The number of aromatic amines is 2. The fourth-order valence-corrected chi connectivity index (χ4v) is 2.78. The van der Waals surface area contributed by atoms with Crippen molar-refractivity contribution in [1.29, 1.82) is 0 Å². The largest absolute Gasteiger partial charge is 0.494 e. The number of oxazole rings is 1. The van der Waals surface area contributed by atoms with Crippen LogP contribution in [-0.4, -0.2) is 21.6 Å². The lowest BCUT2D eigenvalue weighted by Gasteiger charge is -2.14. The Bertz CT molecular complexity index is 1210. The first-order chi connectivity index (χ1) is 13.3. The number of benzene rings is 1. The van der Waals surface area contributed by atoms with Crippen LogP contribution in [0.1, 0.15) is 44.7 Å². The summed E-state index contributed by atoms with van der Waals surface area (Å²) < 4.78 is 10.9. The Balaban J connectivity index is 2.08. The molecule has 1 aromatic carbocycles. The van der Waals surface area contributed by atoms with Gasteiger partial charge in [-0.2, -0.15) is 0 Å². The number of H-pyrrole nitrogens is 2. The van der Waals surface area contributed by atoms with Gasteiger partial charge in [0.1, 0.15) is 27.9 Å². The molecule has 0 aliphatic rings. The number of aromatic nitrogens is 3. The molecule has 0 unspecified atom stereocenters.